The summed E-state index contributed by atoms with van der Waals surface area (Å²) in [6.07, 6.45) is 3.22. The maximum absolute atomic E-state index is 10.00. The molecule has 0 aliphatic rings. The van der Waals surface area contributed by atoms with E-state index in [4.69, 9.17) is 0 Å². The van der Waals surface area contributed by atoms with Crippen LogP contribution < -0.4 is 0 Å². The second kappa shape index (κ2) is 5.27. The summed E-state index contributed by atoms with van der Waals surface area (Å²) in [6.45, 7) is 4.18. The van der Waals surface area contributed by atoms with Gasteiger partial charge >= 0.3 is 5.97 Å². The summed E-state index contributed by atoms with van der Waals surface area (Å²) in [5.41, 5.74) is 0. The van der Waals surface area contributed by atoms with Crippen LogP contribution in [-0.2, 0) is 9.90 Å². The molecule has 0 aromatic carbocycles. The minimum atomic E-state index is -0.928. The highest BCUT2D eigenvalue weighted by atomic mass is 16.4. The van der Waals surface area contributed by atoms with Gasteiger partial charge in [0.05, 0.1) is 6.42 Å². The number of carbonyl (C=O) groups excluding carboxylic acids is 1. The monoisotopic (exact) mass is 143 g/mol. The Balaban J connectivity index is 3.21. The van der Waals surface area contributed by atoms with E-state index in [-0.39, 0.29) is 6.42 Å². The van der Waals surface area contributed by atoms with E-state index in [9.17, 15) is 9.90 Å². The first-order valence-electron chi connectivity index (χ1n) is 3.86. The Bertz CT molecular complexity index is 99.4. The Morgan fingerprint density at radius 3 is 2.40 bits per heavy atom. The lowest BCUT2D eigenvalue weighted by Gasteiger charge is -2.05. The lowest BCUT2D eigenvalue weighted by atomic mass is 10.0. The van der Waals surface area contributed by atoms with E-state index in [1.165, 1.54) is 0 Å². The van der Waals surface area contributed by atoms with Crippen molar-refractivity contribution in [3.05, 3.63) is 0 Å². The number of hydrogen-bond donors (Lipinski definition) is 0. The Morgan fingerprint density at radius 1 is 1.40 bits per heavy atom. The van der Waals surface area contributed by atoms with Gasteiger partial charge in [0.2, 0.25) is 0 Å². The predicted octanol–water partition coefficient (Wildman–Crippen LogP) is 2.16. The van der Waals surface area contributed by atoms with Gasteiger partial charge in [0.25, 0.3) is 0 Å². The lowest BCUT2D eigenvalue weighted by Crippen LogP contribution is -1.99. The highest BCUT2D eigenvalue weighted by molar-refractivity contribution is 5.66. The molecule has 0 fully saturated rings. The van der Waals surface area contributed by atoms with Gasteiger partial charge in [-0.05, 0) is 12.3 Å². The average Bonchev–Trinajstić information content (AvgIpc) is 1.85. The van der Waals surface area contributed by atoms with E-state index in [0.29, 0.717) is 5.92 Å². The molecule has 0 heterocycles. The first-order chi connectivity index (χ1) is 4.66. The van der Waals surface area contributed by atoms with Crippen molar-refractivity contribution in [1.29, 1.82) is 0 Å². The summed E-state index contributed by atoms with van der Waals surface area (Å²) in [4.78, 5) is 10.00. The third kappa shape index (κ3) is 5.60. The van der Waals surface area contributed by atoms with Gasteiger partial charge in [0.1, 0.15) is 0 Å². The average molecular weight is 143 g/mol. The molecule has 10 heavy (non-hydrogen) atoms. The molecule has 0 aliphatic carbocycles. The van der Waals surface area contributed by atoms with Crippen molar-refractivity contribution < 1.29 is 9.90 Å². The molecule has 2 heteroatoms. The normalized spacial score (nSPS) is 13.0. The van der Waals surface area contributed by atoms with Gasteiger partial charge in [0, 0.05) is 0 Å². The molecule has 1 atom stereocenters. The second-order valence-corrected chi connectivity index (χ2v) is 2.80. The van der Waals surface area contributed by atoms with Gasteiger partial charge in [-0.3, -0.25) is 0 Å². The fourth-order valence-corrected chi connectivity index (χ4v) is 1.00. The van der Waals surface area contributed by atoms with Gasteiger partial charge in [-0.25, -0.2) is 9.90 Å². The summed E-state index contributed by atoms with van der Waals surface area (Å²) in [7, 11) is 0. The largest absolute Gasteiger partial charge is 0.355 e. The van der Waals surface area contributed by atoms with E-state index in [2.05, 4.69) is 13.8 Å². The van der Waals surface area contributed by atoms with Crippen molar-refractivity contribution in [2.24, 2.45) is 5.92 Å². The molecule has 59 valence electrons. The molecule has 0 amide bonds. The first-order valence-corrected chi connectivity index (χ1v) is 3.86. The lowest BCUT2D eigenvalue weighted by molar-refractivity contribution is -0.143. The zero-order valence-corrected chi connectivity index (χ0v) is 6.72. The van der Waals surface area contributed by atoms with Crippen LogP contribution in [0.4, 0.5) is 0 Å². The summed E-state index contributed by atoms with van der Waals surface area (Å²) in [5, 5.41) is 10.00. The maximum atomic E-state index is 10.00. The van der Waals surface area contributed by atoms with Crippen LogP contribution in [0, 0.1) is 5.92 Å². The molecular weight excluding hydrogens is 128 g/mol. The molecule has 0 saturated carbocycles. The third-order valence-electron chi connectivity index (χ3n) is 1.62. The van der Waals surface area contributed by atoms with Crippen LogP contribution in [0.25, 0.3) is 0 Å². The second-order valence-electron chi connectivity index (χ2n) is 2.80. The maximum Gasteiger partial charge on any atom is 0.355 e. The fourth-order valence-electron chi connectivity index (χ4n) is 1.00. The third-order valence-corrected chi connectivity index (χ3v) is 1.62. The molecule has 0 N–H and O–H groups in total. The number of rotatable bonds is 5. The summed E-state index contributed by atoms with van der Waals surface area (Å²) < 4.78 is 0. The van der Waals surface area contributed by atoms with Crippen LogP contribution in [0.2, 0.25) is 0 Å². The molecule has 2 nitrogen and oxygen atoms in total. The van der Waals surface area contributed by atoms with Crippen LogP contribution in [-0.4, -0.2) is 5.97 Å². The van der Waals surface area contributed by atoms with Crippen molar-refractivity contribution >= 4 is 5.97 Å². The predicted molar refractivity (Wildman–Crippen MR) is 39.0 cm³/mol. The standard InChI is InChI=1S/C8H15O2/c1-3-4-7(2)5-6-8(9)10/h7H,3-6H2,1-2H3. The summed E-state index contributed by atoms with van der Waals surface area (Å²) in [6, 6.07) is 0. The zero-order valence-electron chi connectivity index (χ0n) is 6.72. The van der Waals surface area contributed by atoms with E-state index in [1.807, 2.05) is 0 Å². The van der Waals surface area contributed by atoms with Crippen LogP contribution >= 0.6 is 0 Å². The minimum Gasteiger partial charge on any atom is -0.247 e. The van der Waals surface area contributed by atoms with Gasteiger partial charge < -0.3 is 0 Å². The summed E-state index contributed by atoms with van der Waals surface area (Å²) in [5.74, 6) is -0.397. The van der Waals surface area contributed by atoms with Crippen LogP contribution in [0.3, 0.4) is 0 Å². The SMILES string of the molecule is CCCC(C)CCC([O])=O. The molecule has 0 aromatic rings. The van der Waals surface area contributed by atoms with Crippen LogP contribution in [0.1, 0.15) is 39.5 Å². The zero-order chi connectivity index (χ0) is 7.98. The smallest absolute Gasteiger partial charge is 0.247 e. The van der Waals surface area contributed by atoms with E-state index in [1.54, 1.807) is 0 Å². The molecule has 0 aliphatic heterocycles. The Hall–Kier alpha value is -0.530. The quantitative estimate of drug-likeness (QED) is 0.581. The molecule has 1 radical (unpaired) electrons. The number of carbonyl (C=O) groups is 1. The molecule has 0 saturated heterocycles. The van der Waals surface area contributed by atoms with Gasteiger partial charge in [0.15, 0.2) is 0 Å². The van der Waals surface area contributed by atoms with Gasteiger partial charge in [-0.15, -0.1) is 0 Å². The van der Waals surface area contributed by atoms with E-state index in [0.717, 1.165) is 19.3 Å². The Kier molecular flexibility index (Phi) is 4.99. The molecule has 0 spiro atoms. The van der Waals surface area contributed by atoms with Crippen molar-refractivity contribution in [2.75, 3.05) is 0 Å². The van der Waals surface area contributed by atoms with Crippen molar-refractivity contribution in [1.82, 2.24) is 0 Å². The minimum absolute atomic E-state index is 0.209. The molecule has 0 rings (SSSR count). The van der Waals surface area contributed by atoms with E-state index >= 15 is 0 Å². The summed E-state index contributed by atoms with van der Waals surface area (Å²) >= 11 is 0. The van der Waals surface area contributed by atoms with Gasteiger partial charge in [-0.2, -0.15) is 0 Å². The molecule has 0 aromatic heterocycles. The van der Waals surface area contributed by atoms with Crippen molar-refractivity contribution in [3.63, 3.8) is 0 Å². The van der Waals surface area contributed by atoms with Crippen LogP contribution in [0.5, 0.6) is 0 Å². The molecular formula is C8H15O2. The van der Waals surface area contributed by atoms with Crippen LogP contribution in [0.15, 0.2) is 0 Å². The Morgan fingerprint density at radius 2 is 2.00 bits per heavy atom. The molecule has 0 bridgehead atoms. The van der Waals surface area contributed by atoms with Crippen molar-refractivity contribution in [3.8, 4) is 0 Å². The fraction of sp³-hybridized carbons (Fsp3) is 0.875. The topological polar surface area (TPSA) is 37.0 Å². The molecule has 1 unspecified atom stereocenters. The number of hydrogen-bond acceptors (Lipinski definition) is 1. The highest BCUT2D eigenvalue weighted by Gasteiger charge is 2.04. The first kappa shape index (κ1) is 9.47. The van der Waals surface area contributed by atoms with E-state index < -0.39 is 5.97 Å². The van der Waals surface area contributed by atoms with Gasteiger partial charge in [-0.1, -0.05) is 26.7 Å². The Labute approximate surface area is 62.2 Å². The highest BCUT2D eigenvalue weighted by Crippen LogP contribution is 2.11. The van der Waals surface area contributed by atoms with Crippen molar-refractivity contribution in [2.45, 2.75) is 39.5 Å².